The number of rotatable bonds is 6. The van der Waals surface area contributed by atoms with Gasteiger partial charge in [0.1, 0.15) is 0 Å². The fourth-order valence-electron chi connectivity index (χ4n) is 1.96. The Labute approximate surface area is 123 Å². The maximum atomic E-state index is 9.76. The first-order valence-electron chi connectivity index (χ1n) is 6.68. The lowest BCUT2D eigenvalue weighted by Crippen LogP contribution is -2.12. The molecule has 4 heteroatoms. The number of phenols is 2. The Morgan fingerprint density at radius 2 is 1.86 bits per heavy atom. The van der Waals surface area contributed by atoms with Crippen molar-refractivity contribution in [1.82, 2.24) is 5.32 Å². The molecule has 0 aliphatic heterocycles. The summed E-state index contributed by atoms with van der Waals surface area (Å²) in [6.07, 6.45) is 4.72. The van der Waals surface area contributed by atoms with Crippen LogP contribution in [0.25, 0.3) is 6.08 Å². The summed E-state index contributed by atoms with van der Waals surface area (Å²) < 4.78 is 0. The van der Waals surface area contributed by atoms with Crippen LogP contribution in [0, 0.1) is 5.41 Å². The monoisotopic (exact) mass is 282 g/mol. The highest BCUT2D eigenvalue weighted by atomic mass is 16.3. The molecule has 21 heavy (non-hydrogen) atoms. The fraction of sp³-hybridized carbons (Fsp3) is 0.118. The molecular formula is C17H18N2O2. The van der Waals surface area contributed by atoms with Crippen molar-refractivity contribution in [2.45, 2.75) is 6.54 Å². The van der Waals surface area contributed by atoms with Crippen LogP contribution < -0.4 is 5.32 Å². The molecule has 0 aliphatic rings. The molecule has 0 bridgehead atoms. The number of aromatic hydroxyl groups is 2. The Balaban J connectivity index is 1.92. The van der Waals surface area contributed by atoms with Gasteiger partial charge in [0.15, 0.2) is 11.5 Å². The second-order valence-electron chi connectivity index (χ2n) is 4.64. The number of hydrogen-bond acceptors (Lipinski definition) is 4. The number of phenolic OH excluding ortho intramolecular Hbond substituents is 2. The SMILES string of the molecule is N=Cc1cc(O)c(O)c(/C=C/CNCc2ccccc2)c1. The quantitative estimate of drug-likeness (QED) is 0.374. The lowest BCUT2D eigenvalue weighted by molar-refractivity contribution is 0.403. The van der Waals surface area contributed by atoms with Gasteiger partial charge in [0.25, 0.3) is 0 Å². The van der Waals surface area contributed by atoms with Gasteiger partial charge in [-0.3, -0.25) is 0 Å². The Hall–Kier alpha value is -2.59. The van der Waals surface area contributed by atoms with Crippen LogP contribution in [0.2, 0.25) is 0 Å². The molecule has 2 aromatic rings. The Morgan fingerprint density at radius 1 is 1.10 bits per heavy atom. The predicted molar refractivity (Wildman–Crippen MR) is 84.8 cm³/mol. The van der Waals surface area contributed by atoms with Crippen LogP contribution in [0.15, 0.2) is 48.5 Å². The zero-order valence-corrected chi connectivity index (χ0v) is 11.6. The van der Waals surface area contributed by atoms with E-state index in [0.717, 1.165) is 12.8 Å². The molecule has 0 atom stereocenters. The summed E-state index contributed by atoms with van der Waals surface area (Å²) in [7, 11) is 0. The van der Waals surface area contributed by atoms with Gasteiger partial charge in [-0.1, -0.05) is 42.5 Å². The van der Waals surface area contributed by atoms with Crippen LogP contribution in [0.5, 0.6) is 11.5 Å². The summed E-state index contributed by atoms with van der Waals surface area (Å²) in [4.78, 5) is 0. The smallest absolute Gasteiger partial charge is 0.164 e. The standard InChI is InChI=1S/C17H18N2O2/c18-11-14-9-15(17(21)16(20)10-14)7-4-8-19-12-13-5-2-1-3-6-13/h1-7,9-11,18-21H,8,12H2/b7-4+,18-11?. The van der Waals surface area contributed by atoms with Gasteiger partial charge < -0.3 is 20.9 Å². The third-order valence-corrected chi connectivity index (χ3v) is 3.04. The summed E-state index contributed by atoms with van der Waals surface area (Å²) in [6, 6.07) is 13.1. The van der Waals surface area contributed by atoms with Crippen molar-refractivity contribution in [2.24, 2.45) is 0 Å². The third-order valence-electron chi connectivity index (χ3n) is 3.04. The van der Waals surface area contributed by atoms with Crippen molar-refractivity contribution >= 4 is 12.3 Å². The third kappa shape index (κ3) is 4.19. The minimum atomic E-state index is -0.215. The highest BCUT2D eigenvalue weighted by Gasteiger charge is 2.05. The molecule has 0 amide bonds. The molecule has 108 valence electrons. The molecular weight excluding hydrogens is 264 g/mol. The van der Waals surface area contributed by atoms with Crippen LogP contribution >= 0.6 is 0 Å². The van der Waals surface area contributed by atoms with Gasteiger partial charge in [-0.15, -0.1) is 0 Å². The van der Waals surface area contributed by atoms with E-state index in [9.17, 15) is 10.2 Å². The van der Waals surface area contributed by atoms with E-state index in [2.05, 4.69) is 5.32 Å². The molecule has 0 unspecified atom stereocenters. The minimum Gasteiger partial charge on any atom is -0.504 e. The zero-order valence-electron chi connectivity index (χ0n) is 11.6. The Morgan fingerprint density at radius 3 is 2.57 bits per heavy atom. The average Bonchev–Trinajstić information content (AvgIpc) is 2.51. The van der Waals surface area contributed by atoms with Gasteiger partial charge in [0.2, 0.25) is 0 Å². The predicted octanol–water partition coefficient (Wildman–Crippen LogP) is 2.90. The summed E-state index contributed by atoms with van der Waals surface area (Å²) in [5.74, 6) is -0.382. The van der Waals surface area contributed by atoms with E-state index < -0.39 is 0 Å². The zero-order chi connectivity index (χ0) is 15.1. The van der Waals surface area contributed by atoms with Crippen molar-refractivity contribution < 1.29 is 10.2 Å². The highest BCUT2D eigenvalue weighted by molar-refractivity contribution is 5.81. The molecule has 2 rings (SSSR count). The highest BCUT2D eigenvalue weighted by Crippen LogP contribution is 2.30. The molecule has 4 nitrogen and oxygen atoms in total. The number of hydrogen-bond donors (Lipinski definition) is 4. The maximum Gasteiger partial charge on any atom is 0.164 e. The normalized spacial score (nSPS) is 10.9. The van der Waals surface area contributed by atoms with Crippen LogP contribution in [0.3, 0.4) is 0 Å². The minimum absolute atomic E-state index is 0.167. The first kappa shape index (κ1) is 14.8. The van der Waals surface area contributed by atoms with Crippen LogP contribution in [-0.2, 0) is 6.54 Å². The summed E-state index contributed by atoms with van der Waals surface area (Å²) in [5, 5.41) is 29.8. The van der Waals surface area contributed by atoms with Crippen molar-refractivity contribution in [2.75, 3.05) is 6.54 Å². The van der Waals surface area contributed by atoms with Gasteiger partial charge in [-0.05, 0) is 23.3 Å². The van der Waals surface area contributed by atoms with Crippen molar-refractivity contribution in [3.05, 3.63) is 65.2 Å². The number of benzene rings is 2. The number of nitrogens with one attached hydrogen (secondary N) is 2. The average molecular weight is 282 g/mol. The molecule has 0 heterocycles. The summed E-state index contributed by atoms with van der Waals surface area (Å²) >= 11 is 0. The molecule has 0 spiro atoms. The summed E-state index contributed by atoms with van der Waals surface area (Å²) in [6.45, 7) is 1.41. The van der Waals surface area contributed by atoms with Gasteiger partial charge in [-0.25, -0.2) is 0 Å². The van der Waals surface area contributed by atoms with E-state index in [1.54, 1.807) is 12.1 Å². The Kier molecular flexibility index (Phi) is 5.12. The van der Waals surface area contributed by atoms with Gasteiger partial charge >= 0.3 is 0 Å². The Bertz CT molecular complexity index is 637. The van der Waals surface area contributed by atoms with E-state index >= 15 is 0 Å². The van der Waals surface area contributed by atoms with Gasteiger partial charge in [0.05, 0.1) is 0 Å². The van der Waals surface area contributed by atoms with Gasteiger partial charge in [-0.2, -0.15) is 0 Å². The van der Waals surface area contributed by atoms with E-state index in [1.165, 1.54) is 11.6 Å². The molecule has 0 fully saturated rings. The first-order valence-corrected chi connectivity index (χ1v) is 6.68. The van der Waals surface area contributed by atoms with Crippen LogP contribution in [-0.4, -0.2) is 23.0 Å². The molecule has 2 aromatic carbocycles. The van der Waals surface area contributed by atoms with E-state index in [1.807, 2.05) is 36.4 Å². The second-order valence-corrected chi connectivity index (χ2v) is 4.64. The second kappa shape index (κ2) is 7.26. The summed E-state index contributed by atoms with van der Waals surface area (Å²) in [5.41, 5.74) is 2.24. The first-order chi connectivity index (χ1) is 10.2. The van der Waals surface area contributed by atoms with Crippen molar-refractivity contribution in [1.29, 1.82) is 5.41 Å². The largest absolute Gasteiger partial charge is 0.504 e. The molecule has 0 aliphatic carbocycles. The molecule has 0 aromatic heterocycles. The maximum absolute atomic E-state index is 9.76. The van der Waals surface area contributed by atoms with Crippen molar-refractivity contribution in [3.8, 4) is 11.5 Å². The molecule has 0 saturated carbocycles. The topological polar surface area (TPSA) is 76.3 Å². The van der Waals surface area contributed by atoms with Crippen LogP contribution in [0.1, 0.15) is 16.7 Å². The van der Waals surface area contributed by atoms with Crippen LogP contribution in [0.4, 0.5) is 0 Å². The molecule has 0 radical (unpaired) electrons. The van der Waals surface area contributed by atoms with Crippen molar-refractivity contribution in [3.63, 3.8) is 0 Å². The van der Waals surface area contributed by atoms with E-state index in [4.69, 9.17) is 5.41 Å². The lowest BCUT2D eigenvalue weighted by atomic mass is 10.1. The molecule has 0 saturated heterocycles. The molecule has 4 N–H and O–H groups in total. The lowest BCUT2D eigenvalue weighted by Gasteiger charge is -2.04. The van der Waals surface area contributed by atoms with Gasteiger partial charge in [0, 0.05) is 24.9 Å². The fourth-order valence-corrected chi connectivity index (χ4v) is 1.96. The van der Waals surface area contributed by atoms with E-state index in [0.29, 0.717) is 17.7 Å². The van der Waals surface area contributed by atoms with E-state index in [-0.39, 0.29) is 11.5 Å².